The summed E-state index contributed by atoms with van der Waals surface area (Å²) in [6.07, 6.45) is 3.02. The van der Waals surface area contributed by atoms with Crippen molar-refractivity contribution in [2.45, 2.75) is 46.5 Å². The second kappa shape index (κ2) is 4.37. The average Bonchev–Trinajstić information content (AvgIpc) is 1.78. The predicted octanol–water partition coefficient (Wildman–Crippen LogP) is 1.34. The Labute approximate surface area is 68.6 Å². The third kappa shape index (κ3) is 9.47. The Hall–Kier alpha value is -0.530. The highest BCUT2D eigenvalue weighted by molar-refractivity contribution is 5.63. The first-order valence-electron chi connectivity index (χ1n) is 4.12. The molecule has 0 aromatic carbocycles. The highest BCUT2D eigenvalue weighted by Crippen LogP contribution is 2.21. The monoisotopic (exact) mass is 157 g/mol. The van der Waals surface area contributed by atoms with E-state index in [4.69, 9.17) is 0 Å². The first kappa shape index (κ1) is 10.5. The summed E-state index contributed by atoms with van der Waals surface area (Å²) in [5.41, 5.74) is 0.325. The Morgan fingerprint density at radius 2 is 1.82 bits per heavy atom. The quantitative estimate of drug-likeness (QED) is 0.578. The SMILES string of the molecule is CC(C)(C)CCCCC(=O)[O-]. The first-order valence-corrected chi connectivity index (χ1v) is 4.12. The Kier molecular flexibility index (Phi) is 4.16. The molecule has 0 aliphatic rings. The molecule has 0 radical (unpaired) electrons. The van der Waals surface area contributed by atoms with E-state index in [9.17, 15) is 9.90 Å². The summed E-state index contributed by atoms with van der Waals surface area (Å²) in [7, 11) is 0. The number of hydrogen-bond acceptors (Lipinski definition) is 2. The average molecular weight is 157 g/mol. The first-order chi connectivity index (χ1) is 4.92. The van der Waals surface area contributed by atoms with Crippen molar-refractivity contribution >= 4 is 5.97 Å². The van der Waals surface area contributed by atoms with Crippen LogP contribution in [0.1, 0.15) is 46.5 Å². The third-order valence-electron chi connectivity index (χ3n) is 1.56. The molecule has 0 spiro atoms. The number of carbonyl (C=O) groups is 1. The van der Waals surface area contributed by atoms with Crippen LogP contribution in [0.4, 0.5) is 0 Å². The van der Waals surface area contributed by atoms with Gasteiger partial charge in [0.2, 0.25) is 0 Å². The number of carboxylic acid groups (broad SMARTS) is 1. The van der Waals surface area contributed by atoms with Gasteiger partial charge in [-0.2, -0.15) is 0 Å². The molecule has 0 heterocycles. The van der Waals surface area contributed by atoms with Gasteiger partial charge in [-0.1, -0.05) is 27.2 Å². The molecule has 0 rings (SSSR count). The van der Waals surface area contributed by atoms with Crippen LogP contribution in [-0.2, 0) is 4.79 Å². The molecule has 0 unspecified atom stereocenters. The van der Waals surface area contributed by atoms with E-state index in [-0.39, 0.29) is 6.42 Å². The Balaban J connectivity index is 3.22. The van der Waals surface area contributed by atoms with Gasteiger partial charge in [0, 0.05) is 5.97 Å². The van der Waals surface area contributed by atoms with Gasteiger partial charge in [-0.05, 0) is 24.7 Å². The minimum atomic E-state index is -0.932. The van der Waals surface area contributed by atoms with Crippen molar-refractivity contribution < 1.29 is 9.90 Å². The van der Waals surface area contributed by atoms with Gasteiger partial charge in [0.25, 0.3) is 0 Å². The van der Waals surface area contributed by atoms with Gasteiger partial charge in [-0.3, -0.25) is 0 Å². The maximum absolute atomic E-state index is 10.0. The molecule has 2 heteroatoms. The summed E-state index contributed by atoms with van der Waals surface area (Å²) in [4.78, 5) is 10.0. The van der Waals surface area contributed by atoms with Crippen molar-refractivity contribution in [2.75, 3.05) is 0 Å². The second-order valence-corrected chi connectivity index (χ2v) is 4.14. The van der Waals surface area contributed by atoms with Crippen molar-refractivity contribution in [1.82, 2.24) is 0 Å². The van der Waals surface area contributed by atoms with Crippen LogP contribution in [0.15, 0.2) is 0 Å². The highest BCUT2D eigenvalue weighted by Gasteiger charge is 2.08. The summed E-state index contributed by atoms with van der Waals surface area (Å²) in [5, 5.41) is 10.0. The number of carboxylic acids is 1. The van der Waals surface area contributed by atoms with Crippen molar-refractivity contribution in [3.63, 3.8) is 0 Å². The molecule has 66 valence electrons. The van der Waals surface area contributed by atoms with Crippen molar-refractivity contribution in [3.05, 3.63) is 0 Å². The minimum Gasteiger partial charge on any atom is -0.550 e. The number of carbonyl (C=O) groups excluding carboxylic acids is 1. The highest BCUT2D eigenvalue weighted by atomic mass is 16.4. The molecule has 11 heavy (non-hydrogen) atoms. The van der Waals surface area contributed by atoms with Gasteiger partial charge >= 0.3 is 0 Å². The van der Waals surface area contributed by atoms with E-state index in [1.54, 1.807) is 0 Å². The molecule has 0 aromatic rings. The maximum Gasteiger partial charge on any atom is 0.0414 e. The van der Waals surface area contributed by atoms with Crippen LogP contribution < -0.4 is 5.11 Å². The Morgan fingerprint density at radius 1 is 1.27 bits per heavy atom. The molecule has 0 aromatic heterocycles. The van der Waals surface area contributed by atoms with E-state index < -0.39 is 5.97 Å². The standard InChI is InChI=1S/C9H18O2/c1-9(2,3)7-5-4-6-8(10)11/h4-7H2,1-3H3,(H,10,11)/p-1. The molecule has 0 aliphatic heterocycles. The summed E-state index contributed by atoms with van der Waals surface area (Å²) in [6, 6.07) is 0. The molecule has 0 bridgehead atoms. The van der Waals surface area contributed by atoms with E-state index in [0.717, 1.165) is 19.3 Å². The fourth-order valence-electron chi connectivity index (χ4n) is 0.925. The summed E-state index contributed by atoms with van der Waals surface area (Å²) < 4.78 is 0. The lowest BCUT2D eigenvalue weighted by molar-refractivity contribution is -0.305. The van der Waals surface area contributed by atoms with Gasteiger partial charge in [0.15, 0.2) is 0 Å². The fourth-order valence-corrected chi connectivity index (χ4v) is 0.925. The number of hydrogen-bond donors (Lipinski definition) is 0. The van der Waals surface area contributed by atoms with Gasteiger partial charge in [-0.25, -0.2) is 0 Å². The Bertz CT molecular complexity index is 122. The van der Waals surface area contributed by atoms with Crippen LogP contribution in [0, 0.1) is 5.41 Å². The topological polar surface area (TPSA) is 40.1 Å². The molecule has 0 amide bonds. The second-order valence-electron chi connectivity index (χ2n) is 4.14. The summed E-state index contributed by atoms with van der Waals surface area (Å²) in [5.74, 6) is -0.932. The van der Waals surface area contributed by atoms with Crippen molar-refractivity contribution in [3.8, 4) is 0 Å². The Morgan fingerprint density at radius 3 is 2.18 bits per heavy atom. The predicted molar refractivity (Wildman–Crippen MR) is 42.9 cm³/mol. The van der Waals surface area contributed by atoms with E-state index in [0.29, 0.717) is 5.41 Å². The van der Waals surface area contributed by atoms with Crippen LogP contribution in [-0.4, -0.2) is 5.97 Å². The lowest BCUT2D eigenvalue weighted by Crippen LogP contribution is -2.21. The third-order valence-corrected chi connectivity index (χ3v) is 1.56. The van der Waals surface area contributed by atoms with Crippen molar-refractivity contribution in [2.24, 2.45) is 5.41 Å². The van der Waals surface area contributed by atoms with Gasteiger partial charge in [-0.15, -0.1) is 0 Å². The zero-order chi connectivity index (χ0) is 8.91. The molecule has 2 nitrogen and oxygen atoms in total. The van der Waals surface area contributed by atoms with E-state index in [2.05, 4.69) is 20.8 Å². The van der Waals surface area contributed by atoms with Gasteiger partial charge in [0.1, 0.15) is 0 Å². The molecular formula is C9H17O2-. The molecule has 0 saturated carbocycles. The fraction of sp³-hybridized carbons (Fsp3) is 0.889. The van der Waals surface area contributed by atoms with Crippen LogP contribution in [0.3, 0.4) is 0 Å². The maximum atomic E-state index is 10.0. The molecule has 0 aliphatic carbocycles. The lowest BCUT2D eigenvalue weighted by Gasteiger charge is -2.17. The normalized spacial score (nSPS) is 11.5. The largest absolute Gasteiger partial charge is 0.550 e. The minimum absolute atomic E-state index is 0.204. The molecule has 0 atom stereocenters. The zero-order valence-electron chi connectivity index (χ0n) is 7.64. The van der Waals surface area contributed by atoms with E-state index in [1.807, 2.05) is 0 Å². The summed E-state index contributed by atoms with van der Waals surface area (Å²) >= 11 is 0. The number of rotatable bonds is 4. The molecular weight excluding hydrogens is 140 g/mol. The molecule has 0 N–H and O–H groups in total. The smallest absolute Gasteiger partial charge is 0.0414 e. The number of aliphatic carboxylic acids is 1. The lowest BCUT2D eigenvalue weighted by atomic mass is 9.89. The van der Waals surface area contributed by atoms with E-state index >= 15 is 0 Å². The van der Waals surface area contributed by atoms with Gasteiger partial charge in [0.05, 0.1) is 0 Å². The number of unbranched alkanes of at least 4 members (excludes halogenated alkanes) is 1. The van der Waals surface area contributed by atoms with Crippen LogP contribution in [0.2, 0.25) is 0 Å². The van der Waals surface area contributed by atoms with Crippen LogP contribution >= 0.6 is 0 Å². The van der Waals surface area contributed by atoms with E-state index in [1.165, 1.54) is 0 Å². The molecule has 0 fully saturated rings. The van der Waals surface area contributed by atoms with Crippen LogP contribution in [0.25, 0.3) is 0 Å². The summed E-state index contributed by atoms with van der Waals surface area (Å²) in [6.45, 7) is 6.48. The van der Waals surface area contributed by atoms with Crippen LogP contribution in [0.5, 0.6) is 0 Å². The molecule has 0 saturated heterocycles. The van der Waals surface area contributed by atoms with Gasteiger partial charge < -0.3 is 9.90 Å². The van der Waals surface area contributed by atoms with Crippen molar-refractivity contribution in [1.29, 1.82) is 0 Å². The zero-order valence-corrected chi connectivity index (χ0v) is 7.64.